The molecule has 0 aliphatic heterocycles. The maximum absolute atomic E-state index is 4.37. The van der Waals surface area contributed by atoms with Crippen LogP contribution in [0.1, 0.15) is 24.9 Å². The van der Waals surface area contributed by atoms with Crippen molar-refractivity contribution in [1.29, 1.82) is 0 Å². The third-order valence-corrected chi connectivity index (χ3v) is 2.61. The molecule has 2 aromatic rings. The number of hydrogen-bond acceptors (Lipinski definition) is 3. The van der Waals surface area contributed by atoms with Crippen LogP contribution in [0.5, 0.6) is 0 Å². The standard InChI is InChI=1S/C12H19N5/c1-3-5-13-9-12-14-6-8-17(12)10-11-4-7-16(2)15-11/h4,6-8,13H,3,5,9-10H2,1-2H3. The molecular formula is C12H19N5. The van der Waals surface area contributed by atoms with Crippen LogP contribution in [0.15, 0.2) is 24.7 Å². The summed E-state index contributed by atoms with van der Waals surface area (Å²) in [5.41, 5.74) is 1.06. The summed E-state index contributed by atoms with van der Waals surface area (Å²) in [5, 5.41) is 7.73. The molecule has 92 valence electrons. The van der Waals surface area contributed by atoms with E-state index in [4.69, 9.17) is 0 Å². The van der Waals surface area contributed by atoms with Crippen LogP contribution in [0.3, 0.4) is 0 Å². The molecule has 0 amide bonds. The molecule has 1 N–H and O–H groups in total. The van der Waals surface area contributed by atoms with Crippen molar-refractivity contribution >= 4 is 0 Å². The first-order chi connectivity index (χ1) is 8.29. The van der Waals surface area contributed by atoms with Crippen molar-refractivity contribution in [2.75, 3.05) is 6.54 Å². The minimum Gasteiger partial charge on any atom is -0.328 e. The predicted molar refractivity (Wildman–Crippen MR) is 66.5 cm³/mol. The Hall–Kier alpha value is -1.62. The summed E-state index contributed by atoms with van der Waals surface area (Å²) >= 11 is 0. The molecule has 0 spiro atoms. The second kappa shape index (κ2) is 5.63. The topological polar surface area (TPSA) is 47.7 Å². The van der Waals surface area contributed by atoms with Crippen LogP contribution in [0.4, 0.5) is 0 Å². The molecule has 0 saturated heterocycles. The van der Waals surface area contributed by atoms with E-state index in [-0.39, 0.29) is 0 Å². The molecule has 0 atom stereocenters. The van der Waals surface area contributed by atoms with Gasteiger partial charge in [-0.2, -0.15) is 5.10 Å². The lowest BCUT2D eigenvalue weighted by Gasteiger charge is -2.06. The fourth-order valence-corrected chi connectivity index (χ4v) is 1.75. The monoisotopic (exact) mass is 233 g/mol. The smallest absolute Gasteiger partial charge is 0.123 e. The first-order valence-corrected chi connectivity index (χ1v) is 5.99. The molecule has 5 heteroatoms. The summed E-state index contributed by atoms with van der Waals surface area (Å²) in [6.45, 7) is 4.78. The zero-order valence-corrected chi connectivity index (χ0v) is 10.4. The van der Waals surface area contributed by atoms with Gasteiger partial charge in [0.25, 0.3) is 0 Å². The highest BCUT2D eigenvalue weighted by Gasteiger charge is 2.04. The molecule has 0 aromatic carbocycles. The SMILES string of the molecule is CCCNCc1nccn1Cc1ccn(C)n1. The van der Waals surface area contributed by atoms with Crippen molar-refractivity contribution in [3.8, 4) is 0 Å². The van der Waals surface area contributed by atoms with Gasteiger partial charge in [-0.05, 0) is 19.0 Å². The quantitative estimate of drug-likeness (QED) is 0.762. The van der Waals surface area contributed by atoms with Gasteiger partial charge in [0.05, 0.1) is 18.8 Å². The number of aryl methyl sites for hydroxylation is 1. The Balaban J connectivity index is 1.98. The van der Waals surface area contributed by atoms with E-state index < -0.39 is 0 Å². The molecule has 2 rings (SSSR count). The molecule has 0 bridgehead atoms. The lowest BCUT2D eigenvalue weighted by atomic mass is 10.4. The zero-order chi connectivity index (χ0) is 12.1. The number of hydrogen-bond donors (Lipinski definition) is 1. The fourth-order valence-electron chi connectivity index (χ4n) is 1.75. The summed E-state index contributed by atoms with van der Waals surface area (Å²) in [6.07, 6.45) is 6.94. The van der Waals surface area contributed by atoms with E-state index in [1.165, 1.54) is 0 Å². The molecule has 0 fully saturated rings. The maximum Gasteiger partial charge on any atom is 0.123 e. The lowest BCUT2D eigenvalue weighted by Crippen LogP contribution is -2.18. The summed E-state index contributed by atoms with van der Waals surface area (Å²) in [7, 11) is 1.93. The number of rotatable bonds is 6. The summed E-state index contributed by atoms with van der Waals surface area (Å²) < 4.78 is 3.95. The van der Waals surface area contributed by atoms with E-state index >= 15 is 0 Å². The van der Waals surface area contributed by atoms with E-state index in [2.05, 4.69) is 26.9 Å². The minimum atomic E-state index is 0.782. The van der Waals surface area contributed by atoms with Gasteiger partial charge in [-0.3, -0.25) is 4.68 Å². The molecule has 0 radical (unpaired) electrons. The Kier molecular flexibility index (Phi) is 3.93. The Morgan fingerprint density at radius 3 is 2.94 bits per heavy atom. The van der Waals surface area contributed by atoms with Gasteiger partial charge in [0.1, 0.15) is 5.82 Å². The van der Waals surface area contributed by atoms with Gasteiger partial charge in [-0.15, -0.1) is 0 Å². The molecule has 0 aliphatic rings. The Morgan fingerprint density at radius 1 is 1.35 bits per heavy atom. The summed E-state index contributed by atoms with van der Waals surface area (Å²) in [5.74, 6) is 1.06. The third kappa shape index (κ3) is 3.17. The Bertz CT molecular complexity index is 457. The highest BCUT2D eigenvalue weighted by Crippen LogP contribution is 2.03. The van der Waals surface area contributed by atoms with E-state index in [0.29, 0.717) is 0 Å². The second-order valence-corrected chi connectivity index (χ2v) is 4.13. The number of aromatic nitrogens is 4. The average Bonchev–Trinajstić information content (AvgIpc) is 2.90. The van der Waals surface area contributed by atoms with Crippen LogP contribution in [0.25, 0.3) is 0 Å². The van der Waals surface area contributed by atoms with Gasteiger partial charge in [-0.1, -0.05) is 6.92 Å². The maximum atomic E-state index is 4.37. The van der Waals surface area contributed by atoms with Crippen LogP contribution < -0.4 is 5.32 Å². The molecule has 0 aliphatic carbocycles. The highest BCUT2D eigenvalue weighted by molar-refractivity contribution is 5.03. The Labute approximate surface area is 101 Å². The Morgan fingerprint density at radius 2 is 2.24 bits per heavy atom. The molecule has 0 unspecified atom stereocenters. The fraction of sp³-hybridized carbons (Fsp3) is 0.500. The van der Waals surface area contributed by atoms with Crippen LogP contribution >= 0.6 is 0 Å². The van der Waals surface area contributed by atoms with E-state index in [1.807, 2.05) is 36.4 Å². The van der Waals surface area contributed by atoms with Gasteiger partial charge in [0.15, 0.2) is 0 Å². The van der Waals surface area contributed by atoms with Crippen LogP contribution in [-0.2, 0) is 20.1 Å². The van der Waals surface area contributed by atoms with Crippen molar-refractivity contribution < 1.29 is 0 Å². The lowest BCUT2D eigenvalue weighted by molar-refractivity contribution is 0.608. The zero-order valence-electron chi connectivity index (χ0n) is 10.4. The van der Waals surface area contributed by atoms with Crippen LogP contribution in [0, 0.1) is 0 Å². The normalized spacial score (nSPS) is 10.9. The van der Waals surface area contributed by atoms with Crippen LogP contribution in [0.2, 0.25) is 0 Å². The average molecular weight is 233 g/mol. The van der Waals surface area contributed by atoms with Crippen molar-refractivity contribution in [3.05, 3.63) is 36.2 Å². The van der Waals surface area contributed by atoms with E-state index in [1.54, 1.807) is 0 Å². The van der Waals surface area contributed by atoms with E-state index in [0.717, 1.165) is 37.6 Å². The number of nitrogens with zero attached hydrogens (tertiary/aromatic N) is 4. The van der Waals surface area contributed by atoms with Gasteiger partial charge in [0, 0.05) is 25.6 Å². The molecule has 17 heavy (non-hydrogen) atoms. The first kappa shape index (κ1) is 11.9. The summed E-state index contributed by atoms with van der Waals surface area (Å²) in [4.78, 5) is 4.36. The number of nitrogens with one attached hydrogen (secondary N) is 1. The second-order valence-electron chi connectivity index (χ2n) is 4.13. The van der Waals surface area contributed by atoms with Crippen LogP contribution in [-0.4, -0.2) is 25.9 Å². The first-order valence-electron chi connectivity index (χ1n) is 5.99. The van der Waals surface area contributed by atoms with Crippen molar-refractivity contribution in [2.24, 2.45) is 7.05 Å². The van der Waals surface area contributed by atoms with Gasteiger partial charge in [0.2, 0.25) is 0 Å². The van der Waals surface area contributed by atoms with Crippen molar-refractivity contribution in [2.45, 2.75) is 26.4 Å². The third-order valence-electron chi connectivity index (χ3n) is 2.61. The predicted octanol–water partition coefficient (Wildman–Crippen LogP) is 1.16. The molecule has 2 heterocycles. The minimum absolute atomic E-state index is 0.782. The molecule has 5 nitrogen and oxygen atoms in total. The molecule has 0 saturated carbocycles. The summed E-state index contributed by atoms with van der Waals surface area (Å²) in [6, 6.07) is 2.03. The molecular weight excluding hydrogens is 214 g/mol. The van der Waals surface area contributed by atoms with Crippen molar-refractivity contribution in [3.63, 3.8) is 0 Å². The van der Waals surface area contributed by atoms with Crippen molar-refractivity contribution in [1.82, 2.24) is 24.6 Å². The van der Waals surface area contributed by atoms with Gasteiger partial charge < -0.3 is 9.88 Å². The van der Waals surface area contributed by atoms with Gasteiger partial charge in [-0.25, -0.2) is 4.98 Å². The number of imidazole rings is 1. The highest BCUT2D eigenvalue weighted by atomic mass is 15.3. The van der Waals surface area contributed by atoms with E-state index in [9.17, 15) is 0 Å². The molecule has 2 aromatic heterocycles. The largest absolute Gasteiger partial charge is 0.328 e. The van der Waals surface area contributed by atoms with Gasteiger partial charge >= 0.3 is 0 Å².